The van der Waals surface area contributed by atoms with Crippen LogP contribution in [0.5, 0.6) is 0 Å². The number of hydrogen-bond donors (Lipinski definition) is 0. The van der Waals surface area contributed by atoms with Crippen molar-refractivity contribution >= 4 is 0 Å². The maximum Gasteiger partial charge on any atom is 0.0859 e. The summed E-state index contributed by atoms with van der Waals surface area (Å²) >= 11 is 0. The lowest BCUT2D eigenvalue weighted by Crippen LogP contribution is -2.11. The minimum absolute atomic E-state index is 0.915. The molecule has 3 heteroatoms. The van der Waals surface area contributed by atoms with Gasteiger partial charge in [0.15, 0.2) is 0 Å². The van der Waals surface area contributed by atoms with Crippen LogP contribution in [0.15, 0.2) is 0 Å². The standard InChI is InChI=1S/C12H21N3/c1-3-10-6-5-7-11-12(9-8-10)15(4-2)14-13-11/h10H,3-9H2,1-2H3. The molecule has 0 radical (unpaired) electrons. The monoisotopic (exact) mass is 207 g/mol. The molecule has 84 valence electrons. The normalized spacial score (nSPS) is 21.9. The van der Waals surface area contributed by atoms with Gasteiger partial charge in [0.25, 0.3) is 0 Å². The number of fused-ring (bicyclic) bond motifs is 1. The summed E-state index contributed by atoms with van der Waals surface area (Å²) in [6.07, 6.45) is 7.60. The fourth-order valence-electron chi connectivity index (χ4n) is 2.54. The van der Waals surface area contributed by atoms with Crippen LogP contribution in [0.25, 0.3) is 0 Å². The van der Waals surface area contributed by atoms with Crippen molar-refractivity contribution in [2.24, 2.45) is 5.92 Å². The smallest absolute Gasteiger partial charge is 0.0859 e. The Morgan fingerprint density at radius 3 is 2.87 bits per heavy atom. The molecule has 2 rings (SSSR count). The van der Waals surface area contributed by atoms with Crippen molar-refractivity contribution in [1.29, 1.82) is 0 Å². The highest BCUT2D eigenvalue weighted by Crippen LogP contribution is 2.24. The Kier molecular flexibility index (Phi) is 3.39. The second-order valence-corrected chi connectivity index (χ2v) is 4.50. The van der Waals surface area contributed by atoms with Crippen molar-refractivity contribution in [2.45, 2.75) is 58.9 Å². The fourth-order valence-corrected chi connectivity index (χ4v) is 2.54. The van der Waals surface area contributed by atoms with E-state index in [9.17, 15) is 0 Å². The second kappa shape index (κ2) is 4.77. The maximum atomic E-state index is 4.29. The molecule has 1 aromatic rings. The third-order valence-electron chi connectivity index (χ3n) is 3.61. The molecule has 1 atom stereocenters. The highest BCUT2D eigenvalue weighted by molar-refractivity contribution is 5.11. The molecule has 0 N–H and O–H groups in total. The van der Waals surface area contributed by atoms with Crippen LogP contribution in [-0.2, 0) is 19.4 Å². The molecule has 0 saturated heterocycles. The molecule has 0 aromatic carbocycles. The van der Waals surface area contributed by atoms with E-state index in [0.29, 0.717) is 0 Å². The van der Waals surface area contributed by atoms with E-state index in [4.69, 9.17) is 0 Å². The van der Waals surface area contributed by atoms with Crippen molar-refractivity contribution in [1.82, 2.24) is 15.0 Å². The SMILES string of the molecule is CCC1CCCc2nnn(CC)c2CC1. The van der Waals surface area contributed by atoms with Gasteiger partial charge in [-0.15, -0.1) is 5.10 Å². The van der Waals surface area contributed by atoms with E-state index >= 15 is 0 Å². The Balaban J connectivity index is 2.16. The zero-order chi connectivity index (χ0) is 10.7. The van der Waals surface area contributed by atoms with Gasteiger partial charge in [0, 0.05) is 6.54 Å². The van der Waals surface area contributed by atoms with E-state index in [1.165, 1.54) is 43.5 Å². The van der Waals surface area contributed by atoms with Gasteiger partial charge in [-0.25, -0.2) is 4.68 Å². The molecule has 3 nitrogen and oxygen atoms in total. The Hall–Kier alpha value is -0.860. The fraction of sp³-hybridized carbons (Fsp3) is 0.833. The summed E-state index contributed by atoms with van der Waals surface area (Å²) in [7, 11) is 0. The third kappa shape index (κ3) is 2.21. The molecule has 1 aliphatic rings. The van der Waals surface area contributed by atoms with Gasteiger partial charge >= 0.3 is 0 Å². The summed E-state index contributed by atoms with van der Waals surface area (Å²) in [4.78, 5) is 0. The molecule has 1 aromatic heterocycles. The van der Waals surface area contributed by atoms with E-state index in [0.717, 1.165) is 18.9 Å². The van der Waals surface area contributed by atoms with E-state index in [1.54, 1.807) is 0 Å². The number of aromatic nitrogens is 3. The molecule has 1 heterocycles. The number of rotatable bonds is 2. The summed E-state index contributed by atoms with van der Waals surface area (Å²) < 4.78 is 2.08. The van der Waals surface area contributed by atoms with Gasteiger partial charge in [0.1, 0.15) is 0 Å². The van der Waals surface area contributed by atoms with E-state index in [1.807, 2.05) is 0 Å². The Morgan fingerprint density at radius 1 is 1.27 bits per heavy atom. The zero-order valence-electron chi connectivity index (χ0n) is 9.87. The van der Waals surface area contributed by atoms with Crippen LogP contribution in [0, 0.1) is 5.92 Å². The molecule has 0 saturated carbocycles. The van der Waals surface area contributed by atoms with Gasteiger partial charge in [-0.2, -0.15) is 0 Å². The van der Waals surface area contributed by atoms with Gasteiger partial charge in [0.05, 0.1) is 11.4 Å². The van der Waals surface area contributed by atoms with E-state index in [-0.39, 0.29) is 0 Å². The van der Waals surface area contributed by atoms with Crippen LogP contribution >= 0.6 is 0 Å². The van der Waals surface area contributed by atoms with Crippen molar-refractivity contribution < 1.29 is 0 Å². The number of hydrogen-bond acceptors (Lipinski definition) is 2. The topological polar surface area (TPSA) is 30.7 Å². The van der Waals surface area contributed by atoms with Crippen molar-refractivity contribution in [3.05, 3.63) is 11.4 Å². The molecule has 15 heavy (non-hydrogen) atoms. The van der Waals surface area contributed by atoms with Gasteiger partial charge in [-0.1, -0.05) is 25.0 Å². The van der Waals surface area contributed by atoms with Crippen LogP contribution in [-0.4, -0.2) is 15.0 Å². The number of aryl methyl sites for hydroxylation is 2. The molecular formula is C12H21N3. The molecule has 0 aliphatic heterocycles. The molecule has 0 spiro atoms. The zero-order valence-corrected chi connectivity index (χ0v) is 9.87. The van der Waals surface area contributed by atoms with Crippen molar-refractivity contribution in [2.75, 3.05) is 0 Å². The minimum atomic E-state index is 0.915. The van der Waals surface area contributed by atoms with Crippen LogP contribution in [0.2, 0.25) is 0 Å². The van der Waals surface area contributed by atoms with Crippen LogP contribution in [0.1, 0.15) is 50.9 Å². The summed E-state index contributed by atoms with van der Waals surface area (Å²) in [6, 6.07) is 0. The largest absolute Gasteiger partial charge is 0.249 e. The highest BCUT2D eigenvalue weighted by atomic mass is 15.4. The van der Waals surface area contributed by atoms with Gasteiger partial charge in [-0.3, -0.25) is 0 Å². The quantitative estimate of drug-likeness (QED) is 0.746. The molecule has 0 bridgehead atoms. The number of nitrogens with zero attached hydrogens (tertiary/aromatic N) is 3. The van der Waals surface area contributed by atoms with Crippen LogP contribution in [0.3, 0.4) is 0 Å². The first-order valence-electron chi connectivity index (χ1n) is 6.26. The second-order valence-electron chi connectivity index (χ2n) is 4.50. The minimum Gasteiger partial charge on any atom is -0.249 e. The summed E-state index contributed by atoms with van der Waals surface area (Å²) in [5, 5.41) is 8.51. The molecular weight excluding hydrogens is 186 g/mol. The predicted molar refractivity (Wildman–Crippen MR) is 60.7 cm³/mol. The summed E-state index contributed by atoms with van der Waals surface area (Å²) in [5.41, 5.74) is 2.65. The van der Waals surface area contributed by atoms with Crippen LogP contribution < -0.4 is 0 Å². The van der Waals surface area contributed by atoms with E-state index in [2.05, 4.69) is 28.8 Å². The first-order valence-corrected chi connectivity index (χ1v) is 6.26. The molecule has 0 amide bonds. The highest BCUT2D eigenvalue weighted by Gasteiger charge is 2.17. The first kappa shape index (κ1) is 10.7. The summed E-state index contributed by atoms with van der Waals surface area (Å²) in [5.74, 6) is 0.915. The lowest BCUT2D eigenvalue weighted by molar-refractivity contribution is 0.407. The van der Waals surface area contributed by atoms with Gasteiger partial charge < -0.3 is 0 Å². The van der Waals surface area contributed by atoms with Gasteiger partial charge in [0.2, 0.25) is 0 Å². The molecule has 1 unspecified atom stereocenters. The lowest BCUT2D eigenvalue weighted by atomic mass is 9.90. The third-order valence-corrected chi connectivity index (χ3v) is 3.61. The Labute approximate surface area is 91.9 Å². The molecule has 0 fully saturated rings. The van der Waals surface area contributed by atoms with Gasteiger partial charge in [-0.05, 0) is 38.5 Å². The molecule has 1 aliphatic carbocycles. The van der Waals surface area contributed by atoms with Crippen molar-refractivity contribution in [3.63, 3.8) is 0 Å². The first-order chi connectivity index (χ1) is 7.35. The lowest BCUT2D eigenvalue weighted by Gasteiger charge is -2.18. The predicted octanol–water partition coefficient (Wildman–Crippen LogP) is 2.59. The Bertz CT molecular complexity index is 317. The van der Waals surface area contributed by atoms with Crippen LogP contribution in [0.4, 0.5) is 0 Å². The average molecular weight is 207 g/mol. The van der Waals surface area contributed by atoms with Crippen molar-refractivity contribution in [3.8, 4) is 0 Å². The maximum absolute atomic E-state index is 4.29. The Morgan fingerprint density at radius 2 is 2.13 bits per heavy atom. The summed E-state index contributed by atoms with van der Waals surface area (Å²) in [6.45, 7) is 5.41. The average Bonchev–Trinajstić information content (AvgIpc) is 2.60. The van der Waals surface area contributed by atoms with E-state index < -0.39 is 0 Å².